The second kappa shape index (κ2) is 8.29. The molecule has 0 aromatic carbocycles. The van der Waals surface area contributed by atoms with E-state index in [0.29, 0.717) is 12.0 Å². The second-order valence-electron chi connectivity index (χ2n) is 7.79. The van der Waals surface area contributed by atoms with E-state index in [0.717, 1.165) is 78.9 Å². The zero-order chi connectivity index (χ0) is 18.8. The number of aliphatic hydroxyl groups excluding tert-OH is 1. The Labute approximate surface area is 163 Å². The van der Waals surface area contributed by atoms with Gasteiger partial charge >= 0.3 is 0 Å². The molecule has 2 aliphatic rings. The van der Waals surface area contributed by atoms with E-state index >= 15 is 0 Å². The van der Waals surface area contributed by atoms with Crippen LogP contribution in [0.1, 0.15) is 66.9 Å². The van der Waals surface area contributed by atoms with Gasteiger partial charge in [0, 0.05) is 31.2 Å². The predicted octanol–water partition coefficient (Wildman–Crippen LogP) is 3.29. The molecule has 0 bridgehead atoms. The molecule has 27 heavy (non-hydrogen) atoms. The van der Waals surface area contributed by atoms with Crippen molar-refractivity contribution in [1.29, 1.82) is 0 Å². The molecule has 148 valence electrons. The number of aryl methyl sites for hydroxylation is 1. The molecule has 0 spiro atoms. The summed E-state index contributed by atoms with van der Waals surface area (Å²) in [6, 6.07) is 2.61. The summed E-state index contributed by atoms with van der Waals surface area (Å²) in [6.45, 7) is 3.94. The van der Waals surface area contributed by atoms with E-state index in [2.05, 4.69) is 16.9 Å². The first kappa shape index (κ1) is 18.9. The summed E-state index contributed by atoms with van der Waals surface area (Å²) in [7, 11) is 0. The number of aliphatic hydroxyl groups is 1. The van der Waals surface area contributed by atoms with E-state index in [4.69, 9.17) is 9.84 Å². The molecule has 1 aliphatic heterocycles. The van der Waals surface area contributed by atoms with Crippen LogP contribution < -0.4 is 5.32 Å². The molecular formula is C20H29N3O3S. The maximum atomic E-state index is 12.8. The molecule has 1 aliphatic carbocycles. The summed E-state index contributed by atoms with van der Waals surface area (Å²) in [5, 5.41) is 18.5. The molecule has 2 fully saturated rings. The zero-order valence-corrected chi connectivity index (χ0v) is 16.8. The standard InChI is InChI=1S/C20H29N3O3S/c1-2-17-16-11-18(19(25)21-14-5-3-13(12-24)4-6-14)27-20(16)23(22-17)15-7-9-26-10-8-15/h11,13-15,24H,2-10,12H2,1H3,(H,21,25)/t13-,14-. The molecule has 7 heteroatoms. The number of hydrogen-bond donors (Lipinski definition) is 2. The minimum Gasteiger partial charge on any atom is -0.396 e. The van der Waals surface area contributed by atoms with E-state index in [1.165, 1.54) is 0 Å². The van der Waals surface area contributed by atoms with Crippen molar-refractivity contribution < 1.29 is 14.6 Å². The van der Waals surface area contributed by atoms with Crippen LogP contribution in [-0.2, 0) is 11.2 Å². The Morgan fingerprint density at radius 2 is 2.04 bits per heavy atom. The number of ether oxygens (including phenoxy) is 1. The Hall–Kier alpha value is -1.44. The number of rotatable bonds is 5. The predicted molar refractivity (Wildman–Crippen MR) is 106 cm³/mol. The Morgan fingerprint density at radius 1 is 1.30 bits per heavy atom. The van der Waals surface area contributed by atoms with Crippen molar-refractivity contribution in [3.05, 3.63) is 16.6 Å². The lowest BCUT2D eigenvalue weighted by atomic mass is 9.86. The molecule has 3 heterocycles. The Balaban J connectivity index is 1.52. The van der Waals surface area contributed by atoms with Crippen LogP contribution in [0.15, 0.2) is 6.07 Å². The lowest BCUT2D eigenvalue weighted by Gasteiger charge is -2.27. The maximum absolute atomic E-state index is 12.8. The highest BCUT2D eigenvalue weighted by molar-refractivity contribution is 7.20. The van der Waals surface area contributed by atoms with Gasteiger partial charge in [0.2, 0.25) is 0 Å². The van der Waals surface area contributed by atoms with Gasteiger partial charge in [0.1, 0.15) is 4.83 Å². The molecular weight excluding hydrogens is 362 g/mol. The van der Waals surface area contributed by atoms with Gasteiger partial charge in [-0.2, -0.15) is 5.10 Å². The van der Waals surface area contributed by atoms with Gasteiger partial charge in [-0.1, -0.05) is 6.92 Å². The van der Waals surface area contributed by atoms with Crippen LogP contribution in [0.3, 0.4) is 0 Å². The van der Waals surface area contributed by atoms with E-state index in [9.17, 15) is 9.90 Å². The SMILES string of the molecule is CCc1nn(C2CCOCC2)c2sc(C(=O)N[C@H]3CC[C@H](CO)CC3)cc12. The first-order chi connectivity index (χ1) is 13.2. The molecule has 4 rings (SSSR count). The van der Waals surface area contributed by atoms with Crippen LogP contribution in [0, 0.1) is 5.92 Å². The van der Waals surface area contributed by atoms with Crippen molar-refractivity contribution >= 4 is 27.5 Å². The fourth-order valence-electron chi connectivity index (χ4n) is 4.28. The van der Waals surface area contributed by atoms with Crippen molar-refractivity contribution in [1.82, 2.24) is 15.1 Å². The fourth-order valence-corrected chi connectivity index (χ4v) is 5.39. The highest BCUT2D eigenvalue weighted by Gasteiger charge is 2.26. The lowest BCUT2D eigenvalue weighted by molar-refractivity contribution is 0.0675. The van der Waals surface area contributed by atoms with Gasteiger partial charge in [-0.15, -0.1) is 11.3 Å². The molecule has 2 N–H and O–H groups in total. The van der Waals surface area contributed by atoms with Crippen LogP contribution in [0.4, 0.5) is 0 Å². The number of nitrogens with zero attached hydrogens (tertiary/aromatic N) is 2. The van der Waals surface area contributed by atoms with Crippen LogP contribution in [0.2, 0.25) is 0 Å². The number of aromatic nitrogens is 2. The van der Waals surface area contributed by atoms with Crippen LogP contribution >= 0.6 is 11.3 Å². The number of fused-ring (bicyclic) bond motifs is 1. The highest BCUT2D eigenvalue weighted by Crippen LogP contribution is 2.34. The number of carbonyl (C=O) groups is 1. The van der Waals surface area contributed by atoms with Crippen LogP contribution in [0.5, 0.6) is 0 Å². The molecule has 0 radical (unpaired) electrons. The third kappa shape index (κ3) is 3.91. The quantitative estimate of drug-likeness (QED) is 0.820. The summed E-state index contributed by atoms with van der Waals surface area (Å²) >= 11 is 1.56. The fraction of sp³-hybridized carbons (Fsp3) is 0.700. The maximum Gasteiger partial charge on any atom is 0.261 e. The van der Waals surface area contributed by atoms with E-state index in [1.807, 2.05) is 6.07 Å². The van der Waals surface area contributed by atoms with Crippen molar-refractivity contribution in [3.8, 4) is 0 Å². The van der Waals surface area contributed by atoms with Crippen molar-refractivity contribution in [2.75, 3.05) is 19.8 Å². The minimum atomic E-state index is 0.0317. The average Bonchev–Trinajstić information content (AvgIpc) is 3.28. The van der Waals surface area contributed by atoms with E-state index in [1.54, 1.807) is 11.3 Å². The average molecular weight is 392 g/mol. The number of nitrogens with one attached hydrogen (secondary N) is 1. The zero-order valence-electron chi connectivity index (χ0n) is 15.9. The Morgan fingerprint density at radius 3 is 2.70 bits per heavy atom. The third-order valence-corrected chi connectivity index (χ3v) is 7.12. The summed E-state index contributed by atoms with van der Waals surface area (Å²) in [6.07, 6.45) is 6.73. The van der Waals surface area contributed by atoms with Gasteiger partial charge < -0.3 is 15.2 Å². The first-order valence-electron chi connectivity index (χ1n) is 10.2. The number of thiophene rings is 1. The molecule has 6 nitrogen and oxygen atoms in total. The molecule has 0 unspecified atom stereocenters. The van der Waals surface area contributed by atoms with Crippen LogP contribution in [0.25, 0.3) is 10.2 Å². The van der Waals surface area contributed by atoms with Gasteiger partial charge in [0.15, 0.2) is 0 Å². The van der Waals surface area contributed by atoms with Crippen molar-refractivity contribution in [2.45, 2.75) is 64.0 Å². The molecule has 0 atom stereocenters. The topological polar surface area (TPSA) is 76.4 Å². The van der Waals surface area contributed by atoms with Crippen molar-refractivity contribution in [2.24, 2.45) is 5.92 Å². The van der Waals surface area contributed by atoms with Crippen LogP contribution in [-0.4, -0.2) is 46.7 Å². The van der Waals surface area contributed by atoms with Crippen molar-refractivity contribution in [3.63, 3.8) is 0 Å². The molecule has 2 aromatic heterocycles. The summed E-state index contributed by atoms with van der Waals surface area (Å²) < 4.78 is 7.64. The monoisotopic (exact) mass is 391 g/mol. The highest BCUT2D eigenvalue weighted by atomic mass is 32.1. The number of amides is 1. The van der Waals surface area contributed by atoms with Gasteiger partial charge in [0.05, 0.1) is 16.6 Å². The second-order valence-corrected chi connectivity index (χ2v) is 8.82. The molecule has 1 saturated heterocycles. The lowest BCUT2D eigenvalue weighted by Crippen LogP contribution is -2.37. The summed E-state index contributed by atoms with van der Waals surface area (Å²) in [5.41, 5.74) is 1.08. The number of hydrogen-bond acceptors (Lipinski definition) is 5. The molecule has 1 saturated carbocycles. The summed E-state index contributed by atoms with van der Waals surface area (Å²) in [4.78, 5) is 14.7. The molecule has 2 aromatic rings. The number of carbonyl (C=O) groups excluding carboxylic acids is 1. The third-order valence-electron chi connectivity index (χ3n) is 6.00. The van der Waals surface area contributed by atoms with E-state index < -0.39 is 0 Å². The Bertz CT molecular complexity index is 786. The normalized spacial score (nSPS) is 24.4. The Kier molecular flexibility index (Phi) is 5.80. The largest absolute Gasteiger partial charge is 0.396 e. The van der Waals surface area contributed by atoms with Gasteiger partial charge in [-0.05, 0) is 56.9 Å². The van der Waals surface area contributed by atoms with Gasteiger partial charge in [-0.3, -0.25) is 9.48 Å². The van der Waals surface area contributed by atoms with E-state index in [-0.39, 0.29) is 18.6 Å². The first-order valence-corrected chi connectivity index (χ1v) is 11.0. The van der Waals surface area contributed by atoms with Gasteiger partial charge in [0.25, 0.3) is 5.91 Å². The smallest absolute Gasteiger partial charge is 0.261 e. The van der Waals surface area contributed by atoms with Gasteiger partial charge in [-0.25, -0.2) is 0 Å². The summed E-state index contributed by atoms with van der Waals surface area (Å²) in [5.74, 6) is 0.435. The molecule has 1 amide bonds. The minimum absolute atomic E-state index is 0.0317.